The fourth-order valence-electron chi connectivity index (χ4n) is 3.01. The fraction of sp³-hybridized carbons (Fsp3) is 1.00. The Morgan fingerprint density at radius 1 is 1.35 bits per heavy atom. The molecule has 0 aromatic carbocycles. The molecule has 3 heteroatoms. The van der Waals surface area contributed by atoms with Gasteiger partial charge < -0.3 is 10.1 Å². The molecule has 3 nitrogen and oxygen atoms in total. The summed E-state index contributed by atoms with van der Waals surface area (Å²) in [6.45, 7) is 11.2. The van der Waals surface area contributed by atoms with Crippen LogP contribution in [0, 0.1) is 0 Å². The van der Waals surface area contributed by atoms with Gasteiger partial charge in [-0.3, -0.25) is 4.90 Å². The van der Waals surface area contributed by atoms with Crippen molar-refractivity contribution in [1.29, 1.82) is 0 Å². The zero-order valence-electron chi connectivity index (χ0n) is 11.7. The molecule has 0 amide bonds. The van der Waals surface area contributed by atoms with Crippen molar-refractivity contribution < 1.29 is 4.74 Å². The van der Waals surface area contributed by atoms with Crippen LogP contribution in [0.1, 0.15) is 46.5 Å². The van der Waals surface area contributed by atoms with Gasteiger partial charge in [0.2, 0.25) is 0 Å². The molecule has 0 aromatic rings. The van der Waals surface area contributed by atoms with Gasteiger partial charge in [0.05, 0.1) is 6.10 Å². The minimum Gasteiger partial charge on any atom is -0.378 e. The molecule has 1 saturated heterocycles. The average Bonchev–Trinajstić information content (AvgIpc) is 2.46. The topological polar surface area (TPSA) is 24.5 Å². The predicted molar refractivity (Wildman–Crippen MR) is 71.3 cm³/mol. The van der Waals surface area contributed by atoms with E-state index in [2.05, 4.69) is 31.0 Å². The normalized spacial score (nSPS) is 39.7. The van der Waals surface area contributed by atoms with E-state index in [-0.39, 0.29) is 0 Å². The third kappa shape index (κ3) is 3.21. The molecular weight excluding hydrogens is 212 g/mol. The number of rotatable bonds is 4. The van der Waals surface area contributed by atoms with Crippen LogP contribution < -0.4 is 5.32 Å². The molecule has 100 valence electrons. The standard InChI is InChI=1S/C14H28N2O/c1-4-14(3)11-16(8-6-7-15-14)12-9-13(10-12)17-5-2/h12-13,15H,4-11H2,1-3H3. The van der Waals surface area contributed by atoms with Crippen LogP contribution in [0.2, 0.25) is 0 Å². The van der Waals surface area contributed by atoms with Crippen molar-refractivity contribution >= 4 is 0 Å². The maximum atomic E-state index is 5.67. The highest BCUT2D eigenvalue weighted by atomic mass is 16.5. The zero-order valence-corrected chi connectivity index (χ0v) is 11.7. The average molecular weight is 240 g/mol. The van der Waals surface area contributed by atoms with E-state index < -0.39 is 0 Å². The van der Waals surface area contributed by atoms with Gasteiger partial charge in [-0.2, -0.15) is 0 Å². The van der Waals surface area contributed by atoms with E-state index in [0.29, 0.717) is 11.6 Å². The first-order valence-corrected chi connectivity index (χ1v) is 7.27. The zero-order chi connectivity index (χ0) is 12.3. The molecule has 0 spiro atoms. The van der Waals surface area contributed by atoms with Gasteiger partial charge in [0.15, 0.2) is 0 Å². The van der Waals surface area contributed by atoms with Crippen LogP contribution in [0.25, 0.3) is 0 Å². The summed E-state index contributed by atoms with van der Waals surface area (Å²) in [4.78, 5) is 2.69. The lowest BCUT2D eigenvalue weighted by Gasteiger charge is -2.44. The Labute approximate surface area is 106 Å². The van der Waals surface area contributed by atoms with Crippen molar-refractivity contribution in [3.63, 3.8) is 0 Å². The van der Waals surface area contributed by atoms with Crippen molar-refractivity contribution in [1.82, 2.24) is 10.2 Å². The molecule has 1 heterocycles. The molecule has 0 radical (unpaired) electrons. The minimum atomic E-state index is 0.313. The van der Waals surface area contributed by atoms with Crippen molar-refractivity contribution in [2.24, 2.45) is 0 Å². The maximum absolute atomic E-state index is 5.67. The second kappa shape index (κ2) is 5.68. The molecule has 1 aliphatic heterocycles. The largest absolute Gasteiger partial charge is 0.378 e. The highest BCUT2D eigenvalue weighted by Crippen LogP contribution is 2.30. The third-order valence-corrected chi connectivity index (χ3v) is 4.49. The number of ether oxygens (including phenoxy) is 1. The Morgan fingerprint density at radius 2 is 2.12 bits per heavy atom. The van der Waals surface area contributed by atoms with E-state index in [4.69, 9.17) is 4.74 Å². The van der Waals surface area contributed by atoms with Crippen molar-refractivity contribution in [3.05, 3.63) is 0 Å². The summed E-state index contributed by atoms with van der Waals surface area (Å²) in [5.74, 6) is 0. The van der Waals surface area contributed by atoms with Crippen LogP contribution >= 0.6 is 0 Å². The number of nitrogens with zero attached hydrogens (tertiary/aromatic N) is 1. The van der Waals surface area contributed by atoms with Crippen LogP contribution in [0.3, 0.4) is 0 Å². The Morgan fingerprint density at radius 3 is 2.76 bits per heavy atom. The lowest BCUT2D eigenvalue weighted by Crippen LogP contribution is -2.55. The highest BCUT2D eigenvalue weighted by molar-refractivity contribution is 4.95. The van der Waals surface area contributed by atoms with Crippen LogP contribution in [-0.2, 0) is 4.74 Å². The molecule has 1 unspecified atom stereocenters. The summed E-state index contributed by atoms with van der Waals surface area (Å²) >= 11 is 0. The molecular formula is C14H28N2O. The van der Waals surface area contributed by atoms with Gasteiger partial charge in [0.25, 0.3) is 0 Å². The van der Waals surface area contributed by atoms with Gasteiger partial charge >= 0.3 is 0 Å². The van der Waals surface area contributed by atoms with Gasteiger partial charge in [0.1, 0.15) is 0 Å². The third-order valence-electron chi connectivity index (χ3n) is 4.49. The first kappa shape index (κ1) is 13.3. The molecule has 1 aliphatic carbocycles. The fourth-order valence-corrected chi connectivity index (χ4v) is 3.01. The van der Waals surface area contributed by atoms with E-state index in [1.54, 1.807) is 0 Å². The highest BCUT2D eigenvalue weighted by Gasteiger charge is 2.37. The Bertz CT molecular complexity index is 240. The molecule has 1 saturated carbocycles. The van der Waals surface area contributed by atoms with E-state index in [1.807, 2.05) is 0 Å². The molecule has 2 aliphatic rings. The Balaban J connectivity index is 1.84. The Kier molecular flexibility index (Phi) is 4.45. The van der Waals surface area contributed by atoms with Crippen LogP contribution in [-0.4, -0.2) is 48.8 Å². The second-order valence-electron chi connectivity index (χ2n) is 5.87. The van der Waals surface area contributed by atoms with E-state index in [1.165, 1.54) is 45.3 Å². The SMILES string of the molecule is CCOC1CC(N2CCCNC(C)(CC)C2)C1. The van der Waals surface area contributed by atoms with Gasteiger partial charge in [-0.15, -0.1) is 0 Å². The summed E-state index contributed by atoms with van der Waals surface area (Å²) in [5.41, 5.74) is 0.313. The summed E-state index contributed by atoms with van der Waals surface area (Å²) in [6.07, 6.45) is 5.52. The number of hydrogen-bond donors (Lipinski definition) is 1. The quantitative estimate of drug-likeness (QED) is 0.813. The summed E-state index contributed by atoms with van der Waals surface area (Å²) in [7, 11) is 0. The monoisotopic (exact) mass is 240 g/mol. The smallest absolute Gasteiger partial charge is 0.0604 e. The van der Waals surface area contributed by atoms with E-state index in [0.717, 1.165) is 12.6 Å². The van der Waals surface area contributed by atoms with E-state index >= 15 is 0 Å². The maximum Gasteiger partial charge on any atom is 0.0604 e. The van der Waals surface area contributed by atoms with E-state index in [9.17, 15) is 0 Å². The van der Waals surface area contributed by atoms with Gasteiger partial charge in [-0.25, -0.2) is 0 Å². The lowest BCUT2D eigenvalue weighted by atomic mass is 9.86. The first-order valence-electron chi connectivity index (χ1n) is 7.27. The molecule has 17 heavy (non-hydrogen) atoms. The predicted octanol–water partition coefficient (Wildman–Crippen LogP) is 2.02. The number of hydrogen-bond acceptors (Lipinski definition) is 3. The van der Waals surface area contributed by atoms with Gasteiger partial charge in [0, 0.05) is 24.7 Å². The Hall–Kier alpha value is -0.120. The molecule has 1 atom stereocenters. The summed E-state index contributed by atoms with van der Waals surface area (Å²) < 4.78 is 5.67. The van der Waals surface area contributed by atoms with Crippen molar-refractivity contribution in [3.8, 4) is 0 Å². The van der Waals surface area contributed by atoms with Crippen LogP contribution in [0.15, 0.2) is 0 Å². The molecule has 1 N–H and O–H groups in total. The van der Waals surface area contributed by atoms with Crippen LogP contribution in [0.5, 0.6) is 0 Å². The molecule has 2 fully saturated rings. The summed E-state index contributed by atoms with van der Waals surface area (Å²) in [5, 5.41) is 3.70. The minimum absolute atomic E-state index is 0.313. The first-order chi connectivity index (χ1) is 8.17. The molecule has 0 aromatic heterocycles. The molecule has 0 bridgehead atoms. The summed E-state index contributed by atoms with van der Waals surface area (Å²) in [6, 6.07) is 0.775. The van der Waals surface area contributed by atoms with Gasteiger partial charge in [-0.1, -0.05) is 6.92 Å². The van der Waals surface area contributed by atoms with Crippen molar-refractivity contribution in [2.75, 3.05) is 26.2 Å². The number of nitrogens with one attached hydrogen (secondary N) is 1. The van der Waals surface area contributed by atoms with Gasteiger partial charge in [-0.05, 0) is 52.6 Å². The molecule has 2 rings (SSSR count). The van der Waals surface area contributed by atoms with Crippen LogP contribution in [0.4, 0.5) is 0 Å². The lowest BCUT2D eigenvalue weighted by molar-refractivity contribution is -0.0494. The van der Waals surface area contributed by atoms with Crippen molar-refractivity contribution in [2.45, 2.75) is 64.1 Å². The second-order valence-corrected chi connectivity index (χ2v) is 5.87.